The van der Waals surface area contributed by atoms with Crippen LogP contribution in [0, 0.1) is 0 Å². The Morgan fingerprint density at radius 2 is 1.45 bits per heavy atom. The molecule has 184 valence electrons. The zero-order valence-corrected chi connectivity index (χ0v) is 19.7. The molecule has 5 atom stereocenters. The standard InChI is InChI=1S/C5H12NO4P.C5H10NO4P.C3H8NO4P/c1-11(9,10)3-2-4(6)5(7)8;6-4(5(8)9)1-2-11(10)3-7;1-2-8-9(6,7)3(4)5/h4H,2-3,6H2,1H3,(H,7,8)(H,9,10);4,7H,1-3,6H2;2H2,1H3,(H2,4,5)(H,6,7)/p+1. The summed E-state index contributed by atoms with van der Waals surface area (Å²) in [5.41, 5.74) is 13.4. The summed E-state index contributed by atoms with van der Waals surface area (Å²) >= 11 is 0. The third kappa shape index (κ3) is 23.2. The van der Waals surface area contributed by atoms with Crippen LogP contribution in [0.25, 0.3) is 0 Å². The van der Waals surface area contributed by atoms with Gasteiger partial charge in [-0.1, -0.05) is 4.57 Å². The number of carboxylic acids is 2. The molecule has 15 nitrogen and oxygen atoms in total. The highest BCUT2D eigenvalue weighted by Gasteiger charge is 2.26. The molecule has 0 spiro atoms. The molecular formula is C13H31N3O12P3+. The van der Waals surface area contributed by atoms with Gasteiger partial charge in [0.05, 0.1) is 6.61 Å². The van der Waals surface area contributed by atoms with Crippen LogP contribution in [-0.2, 0) is 27.8 Å². The van der Waals surface area contributed by atoms with Crippen molar-refractivity contribution >= 4 is 40.4 Å². The van der Waals surface area contributed by atoms with Crippen molar-refractivity contribution < 1.29 is 57.7 Å². The first kappa shape index (κ1) is 34.3. The molecule has 0 aromatic heterocycles. The van der Waals surface area contributed by atoms with Gasteiger partial charge in [0.2, 0.25) is 6.35 Å². The number of hydrogen-bond donors (Lipinski definition) is 8. The van der Waals surface area contributed by atoms with E-state index in [1.807, 2.05) is 0 Å². The first-order valence-electron chi connectivity index (χ1n) is 8.47. The van der Waals surface area contributed by atoms with E-state index in [0.29, 0.717) is 0 Å². The van der Waals surface area contributed by atoms with Gasteiger partial charge in [0.15, 0.2) is 13.5 Å². The van der Waals surface area contributed by atoms with Crippen LogP contribution in [-0.4, -0.2) is 86.7 Å². The summed E-state index contributed by atoms with van der Waals surface area (Å²) in [5.74, 6) is -2.25. The van der Waals surface area contributed by atoms with E-state index >= 15 is 0 Å². The molecule has 0 bridgehead atoms. The summed E-state index contributed by atoms with van der Waals surface area (Å²) < 4.78 is 35.7. The number of aliphatic hydroxyl groups excluding tert-OH is 1. The highest BCUT2D eigenvalue weighted by molar-refractivity contribution is 7.70. The van der Waals surface area contributed by atoms with Crippen molar-refractivity contribution in [2.45, 2.75) is 31.8 Å². The van der Waals surface area contributed by atoms with Gasteiger partial charge in [0, 0.05) is 19.2 Å². The molecule has 31 heavy (non-hydrogen) atoms. The second kappa shape index (κ2) is 17.3. The zero-order chi connectivity index (χ0) is 25.4. The van der Waals surface area contributed by atoms with Crippen LogP contribution in [0.15, 0.2) is 0 Å². The maximum Gasteiger partial charge on any atom is 0.415 e. The van der Waals surface area contributed by atoms with Gasteiger partial charge in [-0.05, 0) is 13.3 Å². The Morgan fingerprint density at radius 3 is 1.71 bits per heavy atom. The number of carboxylic acid groups (broad SMARTS) is 2. The Kier molecular flexibility index (Phi) is 19.2. The van der Waals surface area contributed by atoms with Crippen molar-refractivity contribution in [3.8, 4) is 0 Å². The second-order valence-corrected chi connectivity index (χ2v) is 11.8. The SMILES string of the molecule is CCOP(=O)(O)C(N)=O.CP(=O)(O)CCC(N)C(=O)O.NC(CC[P+](=O)CO)C(=O)O. The van der Waals surface area contributed by atoms with Gasteiger partial charge in [0.1, 0.15) is 12.1 Å². The molecule has 5 unspecified atom stereocenters. The molecule has 0 aliphatic rings. The number of amides is 1. The smallest absolute Gasteiger partial charge is 0.415 e. The summed E-state index contributed by atoms with van der Waals surface area (Å²) in [6, 6.07) is -2.00. The maximum absolute atomic E-state index is 10.6. The van der Waals surface area contributed by atoms with E-state index in [0.717, 1.165) is 0 Å². The number of carbonyl (C=O) groups excluding carboxylic acids is 1. The molecular weight excluding hydrogens is 483 g/mol. The Labute approximate surface area is 179 Å². The molecule has 0 aromatic rings. The fraction of sp³-hybridized carbons (Fsp3) is 0.769. The Morgan fingerprint density at radius 1 is 1.03 bits per heavy atom. The molecule has 0 saturated carbocycles. The topological polar surface area (TPSA) is 291 Å². The van der Waals surface area contributed by atoms with E-state index in [1.54, 1.807) is 0 Å². The molecule has 0 fully saturated rings. The van der Waals surface area contributed by atoms with Crippen molar-refractivity contribution in [2.24, 2.45) is 17.2 Å². The molecule has 0 aromatic carbocycles. The minimum atomic E-state index is -4.13. The lowest BCUT2D eigenvalue weighted by molar-refractivity contribution is -0.139. The van der Waals surface area contributed by atoms with Gasteiger partial charge in [-0.3, -0.25) is 18.9 Å². The molecule has 0 saturated heterocycles. The average Bonchev–Trinajstić information content (AvgIpc) is 2.63. The largest absolute Gasteiger partial charge is 0.480 e. The molecule has 0 rings (SSSR count). The molecule has 0 aliphatic heterocycles. The van der Waals surface area contributed by atoms with Crippen LogP contribution in [0.2, 0.25) is 0 Å². The predicted octanol–water partition coefficient (Wildman–Crippen LogP) is -0.459. The van der Waals surface area contributed by atoms with Crippen LogP contribution in [0.3, 0.4) is 0 Å². The Bertz CT molecular complexity index is 684. The van der Waals surface area contributed by atoms with Crippen LogP contribution < -0.4 is 17.2 Å². The summed E-state index contributed by atoms with van der Waals surface area (Å²) in [4.78, 5) is 47.4. The fourth-order valence-corrected chi connectivity index (χ4v) is 3.16. The molecule has 0 aliphatic carbocycles. The van der Waals surface area contributed by atoms with Gasteiger partial charge in [-0.2, -0.15) is 0 Å². The van der Waals surface area contributed by atoms with Crippen LogP contribution in [0.4, 0.5) is 4.79 Å². The minimum absolute atomic E-state index is 0.00326. The van der Waals surface area contributed by atoms with Crippen molar-refractivity contribution in [1.29, 1.82) is 0 Å². The van der Waals surface area contributed by atoms with Crippen molar-refractivity contribution in [1.82, 2.24) is 0 Å². The van der Waals surface area contributed by atoms with Gasteiger partial charge >= 0.3 is 33.0 Å². The van der Waals surface area contributed by atoms with Crippen molar-refractivity contribution in [3.05, 3.63) is 0 Å². The molecule has 18 heteroatoms. The van der Waals surface area contributed by atoms with E-state index in [4.69, 9.17) is 36.6 Å². The third-order valence-corrected chi connectivity index (χ3v) is 6.24. The molecule has 11 N–H and O–H groups in total. The van der Waals surface area contributed by atoms with Gasteiger partial charge in [-0.25, -0.2) is 4.57 Å². The third-order valence-electron chi connectivity index (χ3n) is 2.92. The van der Waals surface area contributed by atoms with E-state index in [1.165, 1.54) is 13.6 Å². The summed E-state index contributed by atoms with van der Waals surface area (Å²) in [6.07, 6.45) is -0.0911. The summed E-state index contributed by atoms with van der Waals surface area (Å²) in [7, 11) is -8.90. The van der Waals surface area contributed by atoms with E-state index in [2.05, 4.69) is 10.3 Å². The van der Waals surface area contributed by atoms with Crippen molar-refractivity contribution in [3.63, 3.8) is 0 Å². The maximum atomic E-state index is 10.6. The number of aliphatic hydroxyl groups is 1. The van der Waals surface area contributed by atoms with Gasteiger partial charge < -0.3 is 46.8 Å². The lowest BCUT2D eigenvalue weighted by atomic mass is 10.2. The number of hydrogen-bond acceptors (Lipinski definition) is 10. The molecule has 0 heterocycles. The zero-order valence-electron chi connectivity index (χ0n) is 17.1. The normalized spacial score (nSPS) is 16.5. The van der Waals surface area contributed by atoms with Gasteiger partial charge in [-0.15, -0.1) is 0 Å². The first-order valence-corrected chi connectivity index (χ1v) is 14.0. The van der Waals surface area contributed by atoms with Crippen LogP contribution in [0.5, 0.6) is 0 Å². The number of aliphatic carboxylic acids is 2. The highest BCUT2D eigenvalue weighted by Crippen LogP contribution is 2.40. The predicted molar refractivity (Wildman–Crippen MR) is 112 cm³/mol. The monoisotopic (exact) mass is 514 g/mol. The minimum Gasteiger partial charge on any atom is -0.480 e. The average molecular weight is 514 g/mol. The van der Waals surface area contributed by atoms with E-state index < -0.39 is 58.8 Å². The Hall–Kier alpha value is -1.27. The number of primary amides is 1. The first-order chi connectivity index (χ1) is 13.9. The van der Waals surface area contributed by atoms with E-state index in [-0.39, 0.29) is 31.8 Å². The molecule has 0 radical (unpaired) electrons. The van der Waals surface area contributed by atoms with E-state index in [9.17, 15) is 28.1 Å². The summed E-state index contributed by atoms with van der Waals surface area (Å²) in [6.45, 7) is 2.67. The fourth-order valence-electron chi connectivity index (χ4n) is 1.22. The number of nitrogens with two attached hydrogens (primary N) is 3. The van der Waals surface area contributed by atoms with Crippen LogP contribution >= 0.6 is 22.8 Å². The Balaban J connectivity index is -0.000000382. The van der Waals surface area contributed by atoms with Crippen LogP contribution in [0.1, 0.15) is 19.8 Å². The number of carbonyl (C=O) groups is 3. The van der Waals surface area contributed by atoms with Gasteiger partial charge in [0.25, 0.3) is 0 Å². The quantitative estimate of drug-likeness (QED) is 0.153. The lowest BCUT2D eigenvalue weighted by Crippen LogP contribution is -2.30. The summed E-state index contributed by atoms with van der Waals surface area (Å²) in [5, 5.41) is 24.9. The van der Waals surface area contributed by atoms with Crippen molar-refractivity contribution in [2.75, 3.05) is 31.9 Å². The second-order valence-electron chi connectivity index (χ2n) is 5.86. The lowest BCUT2D eigenvalue weighted by Gasteiger charge is -2.07. The highest BCUT2D eigenvalue weighted by atomic mass is 31.2. The molecule has 1 amide bonds. The number of rotatable bonds is 12.